The third-order valence-electron chi connectivity index (χ3n) is 10.9. The van der Waals surface area contributed by atoms with Gasteiger partial charge in [0.2, 0.25) is 0 Å². The Morgan fingerprint density at radius 3 is 2.22 bits per heavy atom. The Bertz CT molecular complexity index is 1100. The predicted molar refractivity (Wildman–Crippen MR) is 158 cm³/mol. The average Bonchev–Trinajstić information content (AvgIpc) is 3.13. The molecule has 0 spiro atoms. The number of nitrogens with zero attached hydrogens (tertiary/aromatic N) is 1. The number of hydrogen-bond acceptors (Lipinski definition) is 3. The van der Waals surface area contributed by atoms with Crippen LogP contribution in [0.15, 0.2) is 34.5 Å². The molecule has 7 heteroatoms. The Morgan fingerprint density at radius 1 is 1.06 bits per heavy atom. The summed E-state index contributed by atoms with van der Waals surface area (Å²) in [7, 11) is -7.91. The number of benzene rings is 1. The molecule has 1 aromatic carbocycles. The Kier molecular flexibility index (Phi) is 7.66. The van der Waals surface area contributed by atoms with E-state index in [0.717, 1.165) is 37.4 Å². The minimum absolute atomic E-state index is 0.00751. The largest absolute Gasteiger partial charge is 0.413 e. The van der Waals surface area contributed by atoms with E-state index in [1.165, 1.54) is 19.3 Å². The molecule has 3 fully saturated rings. The fourth-order valence-corrected chi connectivity index (χ4v) is 15.8. The van der Waals surface area contributed by atoms with Crippen molar-refractivity contribution in [3.05, 3.63) is 30.3 Å². The first kappa shape index (κ1) is 28.6. The quantitative estimate of drug-likeness (QED) is 0.255. The van der Waals surface area contributed by atoms with Gasteiger partial charge in [-0.2, -0.15) is 4.15 Å². The molecule has 2 bridgehead atoms. The van der Waals surface area contributed by atoms with Crippen molar-refractivity contribution in [2.75, 3.05) is 12.4 Å². The number of hydrogen-bond donors (Lipinski definition) is 0. The SMILES string of the molecule is CC1(C)C2CCC1(CS(=O)(=O)N=P(C)(c1ccccc1)C1CCCCC1)[C@H](O[Si](C)(C)C(C)(C)C)C2. The van der Waals surface area contributed by atoms with Crippen LogP contribution in [0.2, 0.25) is 18.1 Å². The van der Waals surface area contributed by atoms with Crippen molar-refractivity contribution >= 4 is 30.7 Å². The summed E-state index contributed by atoms with van der Waals surface area (Å²) in [6.07, 6.45) is 8.84. The van der Waals surface area contributed by atoms with E-state index < -0.39 is 25.4 Å². The molecular formula is C29H50NO3PSSi. The van der Waals surface area contributed by atoms with Crippen LogP contribution in [0, 0.1) is 16.7 Å². The summed E-state index contributed by atoms with van der Waals surface area (Å²) in [5, 5.41) is 1.24. The molecule has 4 atom stereocenters. The monoisotopic (exact) mass is 551 g/mol. The molecule has 204 valence electrons. The van der Waals surface area contributed by atoms with Crippen LogP contribution in [-0.4, -0.2) is 40.9 Å². The summed E-state index contributed by atoms with van der Waals surface area (Å²) in [5.74, 6) is 0.661. The molecule has 36 heavy (non-hydrogen) atoms. The molecule has 3 aliphatic carbocycles. The maximum atomic E-state index is 14.2. The standard InChI is InChI=1S/C29H50NO3PSSi/c1-27(2,3)36(7,8)33-26-21-23-19-20-29(26,28(23,4)5)22-35(31,32)30-34(6,24-15-11-9-12-16-24)25-17-13-10-14-18-25/h9,11-12,15-16,23,25-26H,10,13-14,17-22H2,1-8H3/t23?,26-,29?,34?/m1/s1. The molecule has 0 saturated heterocycles. The van der Waals surface area contributed by atoms with Gasteiger partial charge in [0.1, 0.15) is 0 Å². The number of rotatable bonds is 7. The summed E-state index contributed by atoms with van der Waals surface area (Å²) < 4.78 is 40.5. The van der Waals surface area contributed by atoms with Crippen molar-refractivity contribution in [2.45, 2.75) is 116 Å². The highest BCUT2D eigenvalue weighted by atomic mass is 32.2. The fraction of sp³-hybridized carbons (Fsp3) is 0.793. The topological polar surface area (TPSA) is 55.7 Å². The second-order valence-corrected chi connectivity index (χ2v) is 24.3. The van der Waals surface area contributed by atoms with Crippen LogP contribution in [0.4, 0.5) is 0 Å². The van der Waals surface area contributed by atoms with Crippen molar-refractivity contribution in [1.29, 1.82) is 0 Å². The third kappa shape index (κ3) is 4.98. The molecule has 0 N–H and O–H groups in total. The first-order chi connectivity index (χ1) is 16.5. The van der Waals surface area contributed by atoms with Crippen molar-refractivity contribution in [3.8, 4) is 0 Å². The minimum Gasteiger partial charge on any atom is -0.413 e. The molecule has 0 amide bonds. The van der Waals surface area contributed by atoms with Crippen molar-refractivity contribution in [1.82, 2.24) is 0 Å². The van der Waals surface area contributed by atoms with Gasteiger partial charge in [-0.15, -0.1) is 0 Å². The molecular weight excluding hydrogens is 501 g/mol. The molecule has 3 unspecified atom stereocenters. The van der Waals surface area contributed by atoms with Crippen LogP contribution in [0.3, 0.4) is 0 Å². The number of sulfonamides is 1. The van der Waals surface area contributed by atoms with Crippen LogP contribution < -0.4 is 5.30 Å². The van der Waals surface area contributed by atoms with E-state index in [2.05, 4.69) is 66.5 Å². The summed E-state index contributed by atoms with van der Waals surface area (Å²) in [5.41, 5.74) is -0.0494. The molecule has 4 rings (SSSR count). The van der Waals surface area contributed by atoms with Crippen LogP contribution in [0.5, 0.6) is 0 Å². The average molecular weight is 552 g/mol. The Balaban J connectivity index is 1.75. The Labute approximate surface area is 222 Å². The van der Waals surface area contributed by atoms with Crippen molar-refractivity contribution in [3.63, 3.8) is 0 Å². The van der Waals surface area contributed by atoms with Crippen molar-refractivity contribution in [2.24, 2.45) is 20.9 Å². The summed E-state index contributed by atoms with van der Waals surface area (Å²) in [4.78, 5) is 0. The van der Waals surface area contributed by atoms with Gasteiger partial charge in [-0.05, 0) is 79.2 Å². The zero-order chi connectivity index (χ0) is 26.6. The van der Waals surface area contributed by atoms with E-state index in [1.54, 1.807) is 0 Å². The van der Waals surface area contributed by atoms with E-state index in [4.69, 9.17) is 8.58 Å². The highest BCUT2D eigenvalue weighted by Gasteiger charge is 2.66. The molecule has 4 nitrogen and oxygen atoms in total. The first-order valence-corrected chi connectivity index (χ1v) is 20.9. The predicted octanol–water partition coefficient (Wildman–Crippen LogP) is 8.02. The van der Waals surface area contributed by atoms with E-state index in [1.807, 2.05) is 18.2 Å². The van der Waals surface area contributed by atoms with Crippen LogP contribution in [0.25, 0.3) is 0 Å². The zero-order valence-corrected chi connectivity index (χ0v) is 26.7. The molecule has 1 aromatic rings. The third-order valence-corrected chi connectivity index (χ3v) is 21.9. The summed E-state index contributed by atoms with van der Waals surface area (Å²) >= 11 is 0. The van der Waals surface area contributed by atoms with E-state index >= 15 is 0 Å². The Morgan fingerprint density at radius 2 is 1.67 bits per heavy atom. The van der Waals surface area contributed by atoms with Gasteiger partial charge >= 0.3 is 0 Å². The molecule has 0 aromatic heterocycles. The number of fused-ring (bicyclic) bond motifs is 2. The van der Waals surface area contributed by atoms with Gasteiger partial charge in [0.05, 0.1) is 11.9 Å². The van der Waals surface area contributed by atoms with Gasteiger partial charge in [0.15, 0.2) is 8.32 Å². The molecule has 3 aliphatic rings. The van der Waals surface area contributed by atoms with Gasteiger partial charge in [-0.3, -0.25) is 0 Å². The minimum atomic E-state index is -3.65. The van der Waals surface area contributed by atoms with Gasteiger partial charge in [-0.25, -0.2) is 8.42 Å². The van der Waals surface area contributed by atoms with Gasteiger partial charge in [0, 0.05) is 12.5 Å². The maximum Gasteiger partial charge on any atom is 0.252 e. The molecule has 0 aliphatic heterocycles. The lowest BCUT2D eigenvalue weighted by Gasteiger charge is -2.47. The lowest BCUT2D eigenvalue weighted by atomic mass is 9.70. The van der Waals surface area contributed by atoms with E-state index in [-0.39, 0.29) is 27.7 Å². The van der Waals surface area contributed by atoms with E-state index in [9.17, 15) is 8.42 Å². The van der Waals surface area contributed by atoms with Crippen LogP contribution in [0.1, 0.15) is 86.0 Å². The molecule has 3 saturated carbocycles. The lowest BCUT2D eigenvalue weighted by molar-refractivity contribution is 0.0237. The molecule has 0 radical (unpaired) electrons. The van der Waals surface area contributed by atoms with Gasteiger partial charge < -0.3 is 4.43 Å². The maximum absolute atomic E-state index is 14.2. The Hall–Kier alpha value is -0.423. The van der Waals surface area contributed by atoms with Gasteiger partial charge in [-0.1, -0.05) is 84.2 Å². The zero-order valence-electron chi connectivity index (χ0n) is 24.0. The first-order valence-electron chi connectivity index (χ1n) is 14.1. The van der Waals surface area contributed by atoms with Crippen molar-refractivity contribution < 1.29 is 12.8 Å². The van der Waals surface area contributed by atoms with Gasteiger partial charge in [0.25, 0.3) is 10.0 Å². The lowest BCUT2D eigenvalue weighted by Crippen LogP contribution is -2.52. The smallest absolute Gasteiger partial charge is 0.252 e. The highest BCUT2D eigenvalue weighted by Crippen LogP contribution is 2.68. The normalized spacial score (nSPS) is 30.8. The van der Waals surface area contributed by atoms with Crippen LogP contribution >= 0.6 is 7.05 Å². The second kappa shape index (κ2) is 9.64. The molecule has 0 heterocycles. The fourth-order valence-electron chi connectivity index (χ4n) is 7.29. The summed E-state index contributed by atoms with van der Waals surface area (Å²) in [6, 6.07) is 10.3. The summed E-state index contributed by atoms with van der Waals surface area (Å²) in [6.45, 7) is 18.2. The van der Waals surface area contributed by atoms with Crippen LogP contribution in [-0.2, 0) is 14.4 Å². The highest BCUT2D eigenvalue weighted by molar-refractivity contribution is 7.95. The second-order valence-electron chi connectivity index (χ2n) is 14.2. The van der Waals surface area contributed by atoms with E-state index in [0.29, 0.717) is 11.6 Å².